The lowest BCUT2D eigenvalue weighted by Gasteiger charge is -2.05. The third-order valence-electron chi connectivity index (χ3n) is 2.36. The molecule has 5 heteroatoms. The van der Waals surface area contributed by atoms with Crippen LogP contribution in [0, 0.1) is 0 Å². The van der Waals surface area contributed by atoms with Crippen molar-refractivity contribution in [2.24, 2.45) is 0 Å². The maximum atomic E-state index is 11.7. The molecule has 1 rings (SSSR count). The average Bonchev–Trinajstić information content (AvgIpc) is 2.73. The van der Waals surface area contributed by atoms with Gasteiger partial charge in [-0.05, 0) is 19.9 Å². The van der Waals surface area contributed by atoms with Crippen molar-refractivity contribution in [2.75, 3.05) is 6.61 Å². The van der Waals surface area contributed by atoms with E-state index in [1.807, 2.05) is 13.8 Å². The van der Waals surface area contributed by atoms with E-state index in [0.29, 0.717) is 23.7 Å². The van der Waals surface area contributed by atoms with Gasteiger partial charge in [0.2, 0.25) is 0 Å². The molecule has 0 aliphatic carbocycles. The summed E-state index contributed by atoms with van der Waals surface area (Å²) in [7, 11) is 0. The second-order valence-corrected chi connectivity index (χ2v) is 4.05. The number of carbonyl (C=O) groups is 1. The van der Waals surface area contributed by atoms with E-state index in [1.165, 1.54) is 0 Å². The molecule has 0 spiro atoms. The van der Waals surface area contributed by atoms with Crippen LogP contribution in [-0.4, -0.2) is 17.8 Å². The molecule has 0 bridgehead atoms. The van der Waals surface area contributed by atoms with Crippen LogP contribution in [0.1, 0.15) is 61.6 Å². The number of carbonyl (C=O) groups excluding carboxylic acids is 1. The summed E-state index contributed by atoms with van der Waals surface area (Å²) in [6.45, 7) is 7.50. The molecule has 1 unspecified atom stereocenters. The fourth-order valence-electron chi connectivity index (χ4n) is 1.47. The van der Waals surface area contributed by atoms with Gasteiger partial charge in [-0.25, -0.2) is 9.68 Å². The normalized spacial score (nSPS) is 12.8. The van der Waals surface area contributed by atoms with Gasteiger partial charge >= 0.3 is 5.97 Å². The van der Waals surface area contributed by atoms with Crippen molar-refractivity contribution in [3.05, 3.63) is 23.2 Å². The molecule has 0 aromatic carbocycles. The van der Waals surface area contributed by atoms with Crippen LogP contribution in [0.25, 0.3) is 0 Å². The first kappa shape index (κ1) is 13.7. The van der Waals surface area contributed by atoms with Crippen LogP contribution in [0.15, 0.2) is 10.5 Å². The Bertz CT molecular complexity index is 380. The van der Waals surface area contributed by atoms with E-state index in [-0.39, 0.29) is 5.92 Å². The summed E-state index contributed by atoms with van der Waals surface area (Å²) < 4.78 is 10.5. The highest BCUT2D eigenvalue weighted by molar-refractivity contribution is 5.90. The number of rotatable bonds is 5. The average molecular weight is 242 g/mol. The lowest BCUT2D eigenvalue weighted by Crippen LogP contribution is -2.06. The monoisotopic (exact) mass is 242 g/mol. The molecular formula is C12H18O5. The van der Waals surface area contributed by atoms with Crippen LogP contribution in [0.3, 0.4) is 0 Å². The first-order valence-electron chi connectivity index (χ1n) is 5.62. The van der Waals surface area contributed by atoms with Gasteiger partial charge in [0.1, 0.15) is 23.2 Å². The van der Waals surface area contributed by atoms with Gasteiger partial charge in [-0.1, -0.05) is 13.8 Å². The van der Waals surface area contributed by atoms with E-state index in [2.05, 4.69) is 4.89 Å². The summed E-state index contributed by atoms with van der Waals surface area (Å²) in [6, 6.07) is 1.55. The first-order valence-corrected chi connectivity index (χ1v) is 5.62. The topological polar surface area (TPSA) is 68.9 Å². The maximum Gasteiger partial charge on any atom is 0.341 e. The molecule has 0 amide bonds. The van der Waals surface area contributed by atoms with Crippen LogP contribution in [0.2, 0.25) is 0 Å². The summed E-state index contributed by atoms with van der Waals surface area (Å²) in [5.41, 5.74) is 0.390. The molecule has 96 valence electrons. The number of hydrogen-bond acceptors (Lipinski definition) is 5. The molecule has 0 aliphatic rings. The van der Waals surface area contributed by atoms with Crippen molar-refractivity contribution in [3.8, 4) is 0 Å². The lowest BCUT2D eigenvalue weighted by atomic mass is 10.1. The number of furan rings is 1. The summed E-state index contributed by atoms with van der Waals surface area (Å²) in [5, 5.41) is 8.59. The Morgan fingerprint density at radius 3 is 2.59 bits per heavy atom. The molecule has 0 aliphatic heterocycles. The van der Waals surface area contributed by atoms with Crippen molar-refractivity contribution in [3.63, 3.8) is 0 Å². The molecule has 0 fully saturated rings. The Morgan fingerprint density at radius 1 is 1.47 bits per heavy atom. The molecule has 17 heavy (non-hydrogen) atoms. The number of hydrogen-bond donors (Lipinski definition) is 1. The molecule has 1 heterocycles. The molecule has 1 N–H and O–H groups in total. The molecule has 1 aromatic rings. The van der Waals surface area contributed by atoms with E-state index in [0.717, 1.165) is 0 Å². The van der Waals surface area contributed by atoms with Crippen molar-refractivity contribution >= 4 is 5.97 Å². The highest BCUT2D eigenvalue weighted by Gasteiger charge is 2.23. The highest BCUT2D eigenvalue weighted by atomic mass is 17.1. The Kier molecular flexibility index (Phi) is 4.72. The Hall–Kier alpha value is -1.33. The molecule has 0 radical (unpaired) electrons. The van der Waals surface area contributed by atoms with E-state index >= 15 is 0 Å². The first-order chi connectivity index (χ1) is 8.01. The van der Waals surface area contributed by atoms with Gasteiger partial charge in [0.25, 0.3) is 0 Å². The standard InChI is InChI=1S/C12H18O5/c1-5-15-12(13)9-6-10(8(4)17-14)16-11(9)7(2)3/h6-8,14H,5H2,1-4H3. The maximum absolute atomic E-state index is 11.7. The fraction of sp³-hybridized carbons (Fsp3) is 0.583. The zero-order valence-corrected chi connectivity index (χ0v) is 10.5. The molecule has 0 saturated carbocycles. The van der Waals surface area contributed by atoms with Crippen molar-refractivity contribution in [2.45, 2.75) is 39.7 Å². The molecule has 1 aromatic heterocycles. The SMILES string of the molecule is CCOC(=O)c1cc(C(C)OO)oc1C(C)C. The van der Waals surface area contributed by atoms with Gasteiger partial charge in [0.15, 0.2) is 0 Å². The van der Waals surface area contributed by atoms with Crippen LogP contribution in [0.5, 0.6) is 0 Å². The second-order valence-electron chi connectivity index (χ2n) is 4.05. The zero-order chi connectivity index (χ0) is 13.0. The number of ether oxygens (including phenoxy) is 1. The Balaban J connectivity index is 3.09. The molecule has 1 atom stereocenters. The molecular weight excluding hydrogens is 224 g/mol. The minimum Gasteiger partial charge on any atom is -0.462 e. The summed E-state index contributed by atoms with van der Waals surface area (Å²) in [5.74, 6) is 0.576. The van der Waals surface area contributed by atoms with Gasteiger partial charge in [-0.15, -0.1) is 0 Å². The van der Waals surface area contributed by atoms with Gasteiger partial charge in [-0.3, -0.25) is 5.26 Å². The van der Waals surface area contributed by atoms with E-state index in [4.69, 9.17) is 14.4 Å². The Morgan fingerprint density at radius 2 is 2.12 bits per heavy atom. The van der Waals surface area contributed by atoms with Crippen LogP contribution in [-0.2, 0) is 9.62 Å². The van der Waals surface area contributed by atoms with Gasteiger partial charge < -0.3 is 9.15 Å². The third kappa shape index (κ3) is 3.08. The lowest BCUT2D eigenvalue weighted by molar-refractivity contribution is -0.280. The summed E-state index contributed by atoms with van der Waals surface area (Å²) >= 11 is 0. The largest absolute Gasteiger partial charge is 0.462 e. The van der Waals surface area contributed by atoms with Crippen LogP contribution < -0.4 is 0 Å². The van der Waals surface area contributed by atoms with E-state index in [1.54, 1.807) is 19.9 Å². The van der Waals surface area contributed by atoms with Gasteiger partial charge in [0.05, 0.1) is 6.61 Å². The van der Waals surface area contributed by atoms with E-state index < -0.39 is 12.1 Å². The predicted molar refractivity (Wildman–Crippen MR) is 60.9 cm³/mol. The smallest absolute Gasteiger partial charge is 0.341 e. The summed E-state index contributed by atoms with van der Waals surface area (Å²) in [6.07, 6.45) is -0.615. The second kappa shape index (κ2) is 5.84. The highest BCUT2D eigenvalue weighted by Crippen LogP contribution is 2.28. The minimum absolute atomic E-state index is 0.0500. The molecule has 0 saturated heterocycles. The quantitative estimate of drug-likeness (QED) is 0.488. The van der Waals surface area contributed by atoms with Gasteiger partial charge in [0, 0.05) is 5.92 Å². The van der Waals surface area contributed by atoms with Crippen LogP contribution >= 0.6 is 0 Å². The summed E-state index contributed by atoms with van der Waals surface area (Å²) in [4.78, 5) is 15.9. The van der Waals surface area contributed by atoms with Crippen molar-refractivity contribution < 1.29 is 24.1 Å². The van der Waals surface area contributed by atoms with Gasteiger partial charge in [-0.2, -0.15) is 0 Å². The van der Waals surface area contributed by atoms with Crippen LogP contribution in [0.4, 0.5) is 0 Å². The number of esters is 1. The third-order valence-corrected chi connectivity index (χ3v) is 2.36. The predicted octanol–water partition coefficient (Wildman–Crippen LogP) is 3.13. The zero-order valence-electron chi connectivity index (χ0n) is 10.5. The molecule has 5 nitrogen and oxygen atoms in total. The fourth-order valence-corrected chi connectivity index (χ4v) is 1.47. The van der Waals surface area contributed by atoms with Crippen molar-refractivity contribution in [1.29, 1.82) is 0 Å². The Labute approximate surface area is 100 Å². The van der Waals surface area contributed by atoms with E-state index in [9.17, 15) is 4.79 Å². The minimum atomic E-state index is -0.615. The van der Waals surface area contributed by atoms with Crippen molar-refractivity contribution in [1.82, 2.24) is 0 Å².